The lowest BCUT2D eigenvalue weighted by Crippen LogP contribution is -2.66. The molecule has 57 heavy (non-hydrogen) atoms. The van der Waals surface area contributed by atoms with Crippen LogP contribution in [0.4, 0.5) is 0 Å². The summed E-state index contributed by atoms with van der Waals surface area (Å²) in [4.78, 5) is 1.28. The Morgan fingerprint density at radius 2 is 1.25 bits per heavy atom. The van der Waals surface area contributed by atoms with Crippen molar-refractivity contribution in [3.05, 3.63) is 156 Å². The first-order valence-electron chi connectivity index (χ1n) is 19.6. The lowest BCUT2D eigenvalue weighted by Gasteiger charge is -2.43. The Kier molecular flexibility index (Phi) is 14.8. The summed E-state index contributed by atoms with van der Waals surface area (Å²) >= 11 is 0. The molecule has 0 radical (unpaired) electrons. The van der Waals surface area contributed by atoms with Crippen molar-refractivity contribution < 1.29 is 27.3 Å². The fourth-order valence-corrected chi connectivity index (χ4v) is 13.4. The van der Waals surface area contributed by atoms with E-state index < -0.39 is 27.4 Å². The Morgan fingerprint density at radius 3 is 1.77 bits per heavy atom. The van der Waals surface area contributed by atoms with Crippen molar-refractivity contribution in [1.82, 2.24) is 0 Å². The molecule has 0 aliphatic rings. The van der Waals surface area contributed by atoms with E-state index in [1.165, 1.54) is 10.4 Å². The summed E-state index contributed by atoms with van der Waals surface area (Å²) in [6.07, 6.45) is 1.99. The van der Waals surface area contributed by atoms with Gasteiger partial charge in [0.25, 0.3) is 8.32 Å². The molecule has 5 rings (SSSR count). The maximum absolute atomic E-state index is 15.1. The number of ether oxygens (including phenoxy) is 3. The van der Waals surface area contributed by atoms with Crippen LogP contribution in [0.2, 0.25) is 23.2 Å². The highest BCUT2D eigenvalue weighted by Crippen LogP contribution is 2.42. The van der Waals surface area contributed by atoms with Gasteiger partial charge in [0.2, 0.25) is 0 Å². The molecular formula is C48H60O6SSi2. The first kappa shape index (κ1) is 44.0. The minimum Gasteiger partial charge on any atom is -0.488 e. The van der Waals surface area contributed by atoms with Gasteiger partial charge in [0.15, 0.2) is 15.1 Å². The highest BCUT2D eigenvalue weighted by atomic mass is 32.2. The van der Waals surface area contributed by atoms with Crippen LogP contribution in [-0.2, 0) is 37.6 Å². The van der Waals surface area contributed by atoms with Crippen molar-refractivity contribution in [3.63, 3.8) is 0 Å². The van der Waals surface area contributed by atoms with Gasteiger partial charge < -0.3 is 23.1 Å². The molecule has 6 nitrogen and oxygen atoms in total. The number of hydrogen-bond donors (Lipinski definition) is 0. The predicted molar refractivity (Wildman–Crippen MR) is 241 cm³/mol. The normalized spacial score (nSPS) is 13.3. The monoisotopic (exact) mass is 820 g/mol. The SMILES string of the molecule is COCOc1cc(CO[Si](c2ccccc2)(c2ccccc2)C(C)(C)C)c(/C(=C\CO[Si](C)(C)C(C)(C)C)[S@](=O)c2ccc(C)cc2)c(OCc2ccccc2)c1. The lowest BCUT2D eigenvalue weighted by molar-refractivity contribution is 0.0508. The van der Waals surface area contributed by atoms with Gasteiger partial charge in [-0.2, -0.15) is 0 Å². The molecule has 0 spiro atoms. The van der Waals surface area contributed by atoms with Crippen molar-refractivity contribution in [1.29, 1.82) is 0 Å². The van der Waals surface area contributed by atoms with Crippen LogP contribution in [0, 0.1) is 6.92 Å². The molecule has 0 aromatic heterocycles. The minimum absolute atomic E-state index is 0.00378. The van der Waals surface area contributed by atoms with Crippen LogP contribution in [-0.4, -0.2) is 41.4 Å². The summed E-state index contributed by atoms with van der Waals surface area (Å²) in [5.74, 6) is 1.09. The van der Waals surface area contributed by atoms with Crippen LogP contribution in [0.3, 0.4) is 0 Å². The number of hydrogen-bond acceptors (Lipinski definition) is 6. The molecule has 9 heteroatoms. The van der Waals surface area contributed by atoms with Crippen molar-refractivity contribution in [2.45, 2.75) is 89.7 Å². The third-order valence-corrected chi connectivity index (χ3v) is 21.8. The number of methoxy groups -OCH3 is 1. The second-order valence-electron chi connectivity index (χ2n) is 17.0. The Bertz CT molecular complexity index is 2050. The van der Waals surface area contributed by atoms with Crippen molar-refractivity contribution in [3.8, 4) is 11.5 Å². The molecule has 0 aliphatic carbocycles. The molecule has 0 amide bonds. The van der Waals surface area contributed by atoms with Gasteiger partial charge in [-0.05, 0) is 75.9 Å². The zero-order valence-electron chi connectivity index (χ0n) is 35.4. The molecule has 0 saturated carbocycles. The summed E-state index contributed by atoms with van der Waals surface area (Å²) in [6.45, 7) is 20.8. The van der Waals surface area contributed by atoms with Crippen molar-refractivity contribution in [2.24, 2.45) is 0 Å². The highest BCUT2D eigenvalue weighted by molar-refractivity contribution is 7.94. The minimum atomic E-state index is -3.01. The fraction of sp³-hybridized carbons (Fsp3) is 0.333. The lowest BCUT2D eigenvalue weighted by atomic mass is 10.0. The van der Waals surface area contributed by atoms with Gasteiger partial charge in [0.05, 0.1) is 28.9 Å². The van der Waals surface area contributed by atoms with Crippen LogP contribution in [0.1, 0.15) is 63.8 Å². The van der Waals surface area contributed by atoms with Crippen LogP contribution in [0.25, 0.3) is 4.91 Å². The number of rotatable bonds is 17. The van der Waals surface area contributed by atoms with E-state index in [1.54, 1.807) is 7.11 Å². The molecule has 0 unspecified atom stereocenters. The zero-order valence-corrected chi connectivity index (χ0v) is 38.2. The van der Waals surface area contributed by atoms with Gasteiger partial charge in [-0.15, -0.1) is 0 Å². The molecule has 0 saturated heterocycles. The van der Waals surface area contributed by atoms with Crippen molar-refractivity contribution in [2.75, 3.05) is 20.5 Å². The summed E-state index contributed by atoms with van der Waals surface area (Å²) in [5.41, 5.74) is 3.58. The van der Waals surface area contributed by atoms with E-state index in [4.69, 9.17) is 23.1 Å². The average Bonchev–Trinajstić information content (AvgIpc) is 3.18. The van der Waals surface area contributed by atoms with Crippen LogP contribution >= 0.6 is 0 Å². The van der Waals surface area contributed by atoms with Crippen LogP contribution in [0.5, 0.6) is 11.5 Å². The quantitative estimate of drug-likeness (QED) is 0.0688. The first-order chi connectivity index (χ1) is 27.1. The Labute approximate surface area is 345 Å². The van der Waals surface area contributed by atoms with E-state index >= 15 is 4.21 Å². The second kappa shape index (κ2) is 19.1. The maximum atomic E-state index is 15.1. The van der Waals surface area contributed by atoms with Gasteiger partial charge in [-0.1, -0.05) is 150 Å². The molecule has 0 aliphatic heterocycles. The van der Waals surface area contributed by atoms with Crippen LogP contribution < -0.4 is 19.8 Å². The molecule has 1 atom stereocenters. The smallest absolute Gasteiger partial charge is 0.261 e. The van der Waals surface area contributed by atoms with E-state index in [2.05, 4.69) is 103 Å². The molecule has 5 aromatic carbocycles. The number of aryl methyl sites for hydroxylation is 1. The zero-order chi connectivity index (χ0) is 41.3. The molecule has 302 valence electrons. The summed E-state index contributed by atoms with van der Waals surface area (Å²) < 4.78 is 47.7. The maximum Gasteiger partial charge on any atom is 0.261 e. The molecule has 0 N–H and O–H groups in total. The first-order valence-corrected chi connectivity index (χ1v) is 25.6. The van der Waals surface area contributed by atoms with Crippen LogP contribution in [0.15, 0.2) is 138 Å². The standard InChI is InChI=1S/C48H60O6SSi2/c1-37-26-28-41(29-27-37)55(49)45(30-31-53-56(9,10)47(2,3)4)46-39(32-40(52-36-50-8)33-44(46)51-34-38-20-14-11-15-21-38)35-54-57(48(5,6)7,42-22-16-12-17-23-42)43-24-18-13-19-25-43/h11-30,32-33H,31,34-36H2,1-10H3/b45-30+/t55-/m1/s1. The van der Waals surface area contributed by atoms with Gasteiger partial charge in [-0.3, -0.25) is 0 Å². The molecule has 0 heterocycles. The van der Waals surface area contributed by atoms with E-state index in [-0.39, 0.29) is 23.5 Å². The Balaban J connectivity index is 1.77. The second-order valence-corrected chi connectivity index (χ2v) is 27.5. The topological polar surface area (TPSA) is 63.2 Å². The van der Waals surface area contributed by atoms with Gasteiger partial charge in [0.1, 0.15) is 18.1 Å². The van der Waals surface area contributed by atoms with E-state index in [9.17, 15) is 0 Å². The Hall–Kier alpha value is -4.10. The van der Waals surface area contributed by atoms with Gasteiger partial charge in [0, 0.05) is 23.6 Å². The highest BCUT2D eigenvalue weighted by Gasteiger charge is 2.50. The van der Waals surface area contributed by atoms with E-state index in [0.717, 1.165) is 16.7 Å². The summed E-state index contributed by atoms with van der Waals surface area (Å²) in [6, 6.07) is 43.0. The molecule has 5 aromatic rings. The average molecular weight is 821 g/mol. The van der Waals surface area contributed by atoms with Gasteiger partial charge >= 0.3 is 0 Å². The van der Waals surface area contributed by atoms with E-state index in [0.29, 0.717) is 40.1 Å². The van der Waals surface area contributed by atoms with Gasteiger partial charge in [-0.25, -0.2) is 4.21 Å². The summed E-state index contributed by atoms with van der Waals surface area (Å²) in [7, 11) is -5.20. The molecular weight excluding hydrogens is 761 g/mol. The number of benzene rings is 5. The molecule has 0 fully saturated rings. The Morgan fingerprint density at radius 1 is 0.684 bits per heavy atom. The third kappa shape index (κ3) is 10.7. The summed E-state index contributed by atoms with van der Waals surface area (Å²) in [5, 5.41) is 2.06. The predicted octanol–water partition coefficient (Wildman–Crippen LogP) is 10.8. The molecule has 0 bridgehead atoms. The van der Waals surface area contributed by atoms with E-state index in [1.807, 2.05) is 91.9 Å². The third-order valence-electron chi connectivity index (χ3n) is 10.8. The largest absolute Gasteiger partial charge is 0.488 e. The fourth-order valence-electron chi connectivity index (χ4n) is 6.65. The van der Waals surface area contributed by atoms with Crippen molar-refractivity contribution >= 4 is 42.7 Å².